The normalized spacial score (nSPS) is 19.9. The van der Waals surface area contributed by atoms with Gasteiger partial charge in [0, 0.05) is 61.9 Å². The van der Waals surface area contributed by atoms with Crippen LogP contribution in [0.5, 0.6) is 5.88 Å². The summed E-state index contributed by atoms with van der Waals surface area (Å²) in [6.07, 6.45) is -0.984. The van der Waals surface area contributed by atoms with Gasteiger partial charge >= 0.3 is 11.9 Å². The van der Waals surface area contributed by atoms with E-state index < -0.39 is 34.7 Å². The van der Waals surface area contributed by atoms with Crippen molar-refractivity contribution in [3.05, 3.63) is 90.3 Å². The van der Waals surface area contributed by atoms with E-state index in [9.17, 15) is 27.6 Å². The van der Waals surface area contributed by atoms with Gasteiger partial charge in [0.05, 0.1) is 34.1 Å². The maximum atomic E-state index is 13.9. The Morgan fingerprint density at radius 1 is 0.944 bits per heavy atom. The number of alkyl halides is 3. The number of nitrogens with one attached hydrogen (secondary N) is 2. The monoisotopic (exact) mass is 780 g/mol. The van der Waals surface area contributed by atoms with Crippen LogP contribution in [0, 0.1) is 0 Å². The highest BCUT2D eigenvalue weighted by atomic mass is 35.5. The van der Waals surface area contributed by atoms with Gasteiger partial charge in [0.1, 0.15) is 11.2 Å². The zero-order chi connectivity index (χ0) is 38.3. The van der Waals surface area contributed by atoms with Gasteiger partial charge in [0.25, 0.3) is 5.56 Å². The molecule has 0 saturated carbocycles. The van der Waals surface area contributed by atoms with Gasteiger partial charge in [-0.15, -0.1) is 0 Å². The highest BCUT2D eigenvalue weighted by Gasteiger charge is 2.46. The van der Waals surface area contributed by atoms with Crippen LogP contribution in [-0.2, 0) is 31.5 Å². The standard InChI is InChI=1S/C37H33Cl2F3N8O4/c1-48-31-27(33(52)49(2)35(48)53)30(45-34(46-31)37(40,41)42)43-22-9-5-7-20(29(22)39)19-6-4-8-21(28(19)38)23-16-18-10-11-24(26(18)32(44-23)54-3)50-15-14-36(17-50)13-12-25(51)47-36/h4-9,16,24H,10-15,17H2,1-3H3,(H,47,51)(H,43,45,46)/t24-,36?/m1/s1. The number of aryl methyl sites for hydroxylation is 2. The maximum absolute atomic E-state index is 13.9. The van der Waals surface area contributed by atoms with E-state index in [1.165, 1.54) is 20.2 Å². The number of rotatable bonds is 6. The molecule has 2 saturated heterocycles. The lowest BCUT2D eigenvalue weighted by atomic mass is 9.97. The Morgan fingerprint density at radius 3 is 2.37 bits per heavy atom. The lowest BCUT2D eigenvalue weighted by Crippen LogP contribution is -2.44. The lowest BCUT2D eigenvalue weighted by Gasteiger charge is -2.28. The Labute approximate surface area is 315 Å². The van der Waals surface area contributed by atoms with Gasteiger partial charge in [-0.25, -0.2) is 19.7 Å². The Kier molecular flexibility index (Phi) is 8.73. The SMILES string of the molecule is COc1nc(-c2cccc(-c3cccc(Nc4nc(C(F)(F)F)nc5c4c(=O)n(C)c(=O)n5C)c3Cl)c2Cl)cc2c1[C@H](N1CCC3(CCC(=O)N3)C1)CC2. The Bertz CT molecular complexity index is 2520. The summed E-state index contributed by atoms with van der Waals surface area (Å²) in [5, 5.41) is 6.09. The number of benzene rings is 2. The maximum Gasteiger partial charge on any atom is 0.451 e. The molecule has 0 radical (unpaired) electrons. The molecule has 3 aromatic heterocycles. The highest BCUT2D eigenvalue weighted by molar-refractivity contribution is 6.39. The molecule has 5 aromatic rings. The molecule has 2 aromatic carbocycles. The minimum Gasteiger partial charge on any atom is -0.481 e. The predicted molar refractivity (Wildman–Crippen MR) is 197 cm³/mol. The Hall–Kier alpha value is -4.99. The minimum absolute atomic E-state index is 0.0858. The molecular weight excluding hydrogens is 748 g/mol. The van der Waals surface area contributed by atoms with Crippen molar-refractivity contribution < 1.29 is 22.7 Å². The van der Waals surface area contributed by atoms with Crippen molar-refractivity contribution in [2.24, 2.45) is 14.1 Å². The molecule has 1 unspecified atom stereocenters. The quantitative estimate of drug-likeness (QED) is 0.207. The average Bonchev–Trinajstić information content (AvgIpc) is 3.87. The van der Waals surface area contributed by atoms with Crippen LogP contribution in [0.1, 0.15) is 48.7 Å². The van der Waals surface area contributed by atoms with Gasteiger partial charge in [-0.3, -0.25) is 23.6 Å². The molecule has 1 spiro atoms. The number of aromatic nitrogens is 5. The largest absolute Gasteiger partial charge is 0.481 e. The topological polar surface area (TPSA) is 136 Å². The third kappa shape index (κ3) is 5.89. The number of anilines is 2. The Balaban J connectivity index is 1.15. The van der Waals surface area contributed by atoms with Gasteiger partial charge in [-0.2, -0.15) is 13.2 Å². The van der Waals surface area contributed by atoms with Crippen LogP contribution in [0.25, 0.3) is 33.4 Å². The number of likely N-dealkylation sites (tertiary alicyclic amines) is 1. The van der Waals surface area contributed by atoms with Crippen LogP contribution >= 0.6 is 23.2 Å². The van der Waals surface area contributed by atoms with Gasteiger partial charge < -0.3 is 15.4 Å². The summed E-state index contributed by atoms with van der Waals surface area (Å²) in [5.74, 6) is -1.41. The number of nitrogens with zero attached hydrogens (tertiary/aromatic N) is 6. The van der Waals surface area contributed by atoms with E-state index in [0.29, 0.717) is 39.7 Å². The summed E-state index contributed by atoms with van der Waals surface area (Å²) in [7, 11) is 4.01. The number of carbonyl (C=O) groups is 1. The van der Waals surface area contributed by atoms with Crippen LogP contribution in [-0.4, -0.2) is 60.6 Å². The van der Waals surface area contributed by atoms with Crippen molar-refractivity contribution in [2.45, 2.75) is 49.9 Å². The summed E-state index contributed by atoms with van der Waals surface area (Å²) in [5.41, 5.74) is 2.03. The average molecular weight is 782 g/mol. The van der Waals surface area contributed by atoms with Crippen molar-refractivity contribution in [3.8, 4) is 28.3 Å². The zero-order valence-electron chi connectivity index (χ0n) is 29.3. The molecule has 2 N–H and O–H groups in total. The summed E-state index contributed by atoms with van der Waals surface area (Å²) >= 11 is 14.1. The Morgan fingerprint density at radius 2 is 1.67 bits per heavy atom. The number of ether oxygens (including phenoxy) is 1. The number of halogens is 5. The van der Waals surface area contributed by atoms with E-state index in [1.54, 1.807) is 31.4 Å². The molecule has 2 fully saturated rings. The molecule has 5 heterocycles. The second-order valence-electron chi connectivity index (χ2n) is 14.0. The fourth-order valence-electron chi connectivity index (χ4n) is 8.07. The van der Waals surface area contributed by atoms with Crippen LogP contribution in [0.15, 0.2) is 52.1 Å². The number of pyridine rings is 1. The molecule has 1 aliphatic carbocycles. The second kappa shape index (κ2) is 13.1. The molecule has 0 bridgehead atoms. The first-order chi connectivity index (χ1) is 25.7. The van der Waals surface area contributed by atoms with Gasteiger partial charge in [0.2, 0.25) is 17.6 Å². The fraction of sp³-hybridized carbons (Fsp3) is 0.351. The smallest absolute Gasteiger partial charge is 0.451 e. The molecule has 2 aliphatic heterocycles. The summed E-state index contributed by atoms with van der Waals surface area (Å²) < 4.78 is 49.2. The molecule has 280 valence electrons. The summed E-state index contributed by atoms with van der Waals surface area (Å²) in [6, 6.07) is 12.4. The van der Waals surface area contributed by atoms with Crippen LogP contribution in [0.2, 0.25) is 10.0 Å². The first-order valence-corrected chi connectivity index (χ1v) is 18.0. The second-order valence-corrected chi connectivity index (χ2v) is 14.7. The predicted octanol–water partition coefficient (Wildman–Crippen LogP) is 6.18. The lowest BCUT2D eigenvalue weighted by molar-refractivity contribution is -0.144. The van der Waals surface area contributed by atoms with E-state index in [1.807, 2.05) is 12.1 Å². The molecule has 3 aliphatic rings. The van der Waals surface area contributed by atoms with Crippen LogP contribution in [0.4, 0.5) is 24.7 Å². The van der Waals surface area contributed by atoms with E-state index >= 15 is 0 Å². The van der Waals surface area contributed by atoms with E-state index in [-0.39, 0.29) is 33.6 Å². The zero-order valence-corrected chi connectivity index (χ0v) is 30.8. The number of amides is 1. The van der Waals surface area contributed by atoms with Crippen LogP contribution < -0.4 is 26.6 Å². The number of carbonyl (C=O) groups excluding carboxylic acids is 1. The minimum atomic E-state index is -4.98. The highest BCUT2D eigenvalue weighted by Crippen LogP contribution is 2.47. The summed E-state index contributed by atoms with van der Waals surface area (Å²) in [4.78, 5) is 52.3. The van der Waals surface area contributed by atoms with Gasteiger partial charge in [0.15, 0.2) is 5.65 Å². The van der Waals surface area contributed by atoms with E-state index in [4.69, 9.17) is 32.9 Å². The van der Waals surface area contributed by atoms with Crippen molar-refractivity contribution >= 4 is 51.6 Å². The fourth-order valence-corrected chi connectivity index (χ4v) is 8.67. The third-order valence-electron chi connectivity index (χ3n) is 10.8. The van der Waals surface area contributed by atoms with Crippen molar-refractivity contribution in [1.29, 1.82) is 0 Å². The number of hydrogen-bond donors (Lipinski definition) is 2. The van der Waals surface area contributed by atoms with E-state index in [0.717, 1.165) is 59.0 Å². The van der Waals surface area contributed by atoms with Gasteiger partial charge in [-0.1, -0.05) is 53.5 Å². The van der Waals surface area contributed by atoms with Gasteiger partial charge in [-0.05, 0) is 43.4 Å². The number of methoxy groups -OCH3 is 1. The number of hydrogen-bond acceptors (Lipinski definition) is 9. The molecule has 2 atom stereocenters. The van der Waals surface area contributed by atoms with Crippen molar-refractivity contribution in [1.82, 2.24) is 34.3 Å². The van der Waals surface area contributed by atoms with Crippen molar-refractivity contribution in [3.63, 3.8) is 0 Å². The number of fused-ring (bicyclic) bond motifs is 2. The van der Waals surface area contributed by atoms with Crippen molar-refractivity contribution in [2.75, 3.05) is 25.5 Å². The molecular formula is C37H33Cl2F3N8O4. The van der Waals surface area contributed by atoms with Crippen LogP contribution in [0.3, 0.4) is 0 Å². The molecule has 12 nitrogen and oxygen atoms in total. The molecule has 1 amide bonds. The molecule has 54 heavy (non-hydrogen) atoms. The third-order valence-corrected chi connectivity index (χ3v) is 11.6. The first-order valence-electron chi connectivity index (χ1n) is 17.2. The molecule has 8 rings (SSSR count). The summed E-state index contributed by atoms with van der Waals surface area (Å²) in [6.45, 7) is 1.65. The first kappa shape index (κ1) is 36.0. The van der Waals surface area contributed by atoms with E-state index in [2.05, 4.69) is 25.5 Å². The molecule has 17 heteroatoms.